The van der Waals surface area contributed by atoms with Gasteiger partial charge in [0.1, 0.15) is 0 Å². The summed E-state index contributed by atoms with van der Waals surface area (Å²) in [5.74, 6) is 0. The van der Waals surface area contributed by atoms with Gasteiger partial charge >= 0.3 is 6.18 Å². The third-order valence-electron chi connectivity index (χ3n) is 4.23. The second kappa shape index (κ2) is 5.94. The molecule has 0 bridgehead atoms. The van der Waals surface area contributed by atoms with Gasteiger partial charge in [-0.25, -0.2) is 4.98 Å². The smallest absolute Gasteiger partial charge is 0.387 e. The summed E-state index contributed by atoms with van der Waals surface area (Å²) in [5, 5.41) is 10.3. The predicted molar refractivity (Wildman–Crippen MR) is 85.6 cm³/mol. The van der Waals surface area contributed by atoms with Gasteiger partial charge in [0.05, 0.1) is 35.6 Å². The summed E-state index contributed by atoms with van der Waals surface area (Å²) in [5.41, 5.74) is 3.69. The van der Waals surface area contributed by atoms with Crippen molar-refractivity contribution in [2.75, 3.05) is 0 Å². The van der Waals surface area contributed by atoms with Crippen LogP contribution in [-0.2, 0) is 12.7 Å². The van der Waals surface area contributed by atoms with Crippen molar-refractivity contribution in [2.24, 2.45) is 0 Å². The predicted octanol–water partition coefficient (Wildman–Crippen LogP) is 4.41. The van der Waals surface area contributed by atoms with E-state index in [4.69, 9.17) is 0 Å². The van der Waals surface area contributed by atoms with Gasteiger partial charge in [-0.1, -0.05) is 12.1 Å². The fourth-order valence-corrected chi connectivity index (χ4v) is 2.64. The van der Waals surface area contributed by atoms with Crippen molar-refractivity contribution < 1.29 is 18.3 Å². The number of rotatable bonds is 3. The van der Waals surface area contributed by atoms with Gasteiger partial charge in [0.2, 0.25) is 0 Å². The summed E-state index contributed by atoms with van der Waals surface area (Å²) in [6.45, 7) is 4.23. The Morgan fingerprint density at radius 1 is 1.08 bits per heavy atom. The van der Waals surface area contributed by atoms with E-state index in [1.807, 2.05) is 30.5 Å². The summed E-state index contributed by atoms with van der Waals surface area (Å²) in [6, 6.07) is 8.56. The topological polar surface area (TPSA) is 38.0 Å². The lowest BCUT2D eigenvalue weighted by molar-refractivity contribution is -0.137. The number of fused-ring (bicyclic) bond motifs is 1. The molecule has 24 heavy (non-hydrogen) atoms. The van der Waals surface area contributed by atoms with E-state index in [1.165, 1.54) is 12.1 Å². The average molecular weight is 334 g/mol. The molecular formula is C18H17F3N2O. The molecule has 0 radical (unpaired) electrons. The molecule has 3 aromatic rings. The van der Waals surface area contributed by atoms with Crippen molar-refractivity contribution >= 4 is 11.0 Å². The van der Waals surface area contributed by atoms with Crippen LogP contribution < -0.4 is 0 Å². The molecule has 0 aliphatic carbocycles. The highest BCUT2D eigenvalue weighted by molar-refractivity contribution is 5.77. The Bertz CT molecular complexity index is 866. The van der Waals surface area contributed by atoms with Crippen LogP contribution in [-0.4, -0.2) is 14.7 Å². The van der Waals surface area contributed by atoms with Gasteiger partial charge in [-0.3, -0.25) is 0 Å². The summed E-state index contributed by atoms with van der Waals surface area (Å²) >= 11 is 0. The Hall–Kier alpha value is -2.34. The standard InChI is InChI=1S/C18H17F3N2O/c1-11-7-15-16(8-12(11)2)23(10-22-15)9-17(24)13-3-5-14(6-4-13)18(19,20)21/h3-8,10,17,24H,9H2,1-2H3. The van der Waals surface area contributed by atoms with Crippen molar-refractivity contribution in [3.05, 3.63) is 65.0 Å². The zero-order valence-electron chi connectivity index (χ0n) is 13.3. The molecule has 1 aromatic heterocycles. The van der Waals surface area contributed by atoms with E-state index in [0.29, 0.717) is 5.56 Å². The molecule has 6 heteroatoms. The van der Waals surface area contributed by atoms with E-state index in [0.717, 1.165) is 34.3 Å². The molecule has 0 spiro atoms. The number of aromatic nitrogens is 2. The van der Waals surface area contributed by atoms with Gasteiger partial charge in [0.15, 0.2) is 0 Å². The van der Waals surface area contributed by atoms with Crippen LogP contribution in [0.4, 0.5) is 13.2 Å². The van der Waals surface area contributed by atoms with Crippen molar-refractivity contribution in [2.45, 2.75) is 32.7 Å². The maximum absolute atomic E-state index is 12.6. The number of aryl methyl sites for hydroxylation is 2. The third-order valence-corrected chi connectivity index (χ3v) is 4.23. The normalized spacial score (nSPS) is 13.4. The highest BCUT2D eigenvalue weighted by Crippen LogP contribution is 2.30. The van der Waals surface area contributed by atoms with Gasteiger partial charge in [-0.05, 0) is 54.8 Å². The van der Waals surface area contributed by atoms with Crippen molar-refractivity contribution in [1.29, 1.82) is 0 Å². The fraction of sp³-hybridized carbons (Fsp3) is 0.278. The summed E-state index contributed by atoms with van der Waals surface area (Å²) in [4.78, 5) is 4.32. The minimum absolute atomic E-state index is 0.227. The molecule has 3 rings (SSSR count). The van der Waals surface area contributed by atoms with Crippen LogP contribution in [0.15, 0.2) is 42.7 Å². The molecule has 3 nitrogen and oxygen atoms in total. The first-order valence-corrected chi connectivity index (χ1v) is 7.53. The highest BCUT2D eigenvalue weighted by Gasteiger charge is 2.30. The van der Waals surface area contributed by atoms with Crippen LogP contribution in [0, 0.1) is 13.8 Å². The summed E-state index contributed by atoms with van der Waals surface area (Å²) in [6.07, 6.45) is -3.65. The van der Waals surface area contributed by atoms with Crippen LogP contribution in [0.1, 0.15) is 28.4 Å². The number of alkyl halides is 3. The zero-order chi connectivity index (χ0) is 17.5. The first kappa shape index (κ1) is 16.5. The molecule has 0 aliphatic heterocycles. The second-order valence-electron chi connectivity index (χ2n) is 5.96. The molecule has 2 aromatic carbocycles. The summed E-state index contributed by atoms with van der Waals surface area (Å²) < 4.78 is 39.6. The van der Waals surface area contributed by atoms with Crippen LogP contribution in [0.2, 0.25) is 0 Å². The lowest BCUT2D eigenvalue weighted by atomic mass is 10.1. The lowest BCUT2D eigenvalue weighted by Gasteiger charge is -2.14. The van der Waals surface area contributed by atoms with E-state index in [-0.39, 0.29) is 6.54 Å². The van der Waals surface area contributed by atoms with Gasteiger partial charge < -0.3 is 9.67 Å². The molecule has 126 valence electrons. The first-order valence-electron chi connectivity index (χ1n) is 7.53. The van der Waals surface area contributed by atoms with E-state index in [1.54, 1.807) is 6.33 Å². The first-order chi connectivity index (χ1) is 11.3. The number of aliphatic hydroxyl groups excluding tert-OH is 1. The molecule has 0 amide bonds. The number of hydrogen-bond donors (Lipinski definition) is 1. The number of imidazole rings is 1. The largest absolute Gasteiger partial charge is 0.416 e. The lowest BCUT2D eigenvalue weighted by Crippen LogP contribution is -2.09. The third kappa shape index (κ3) is 3.14. The van der Waals surface area contributed by atoms with E-state index >= 15 is 0 Å². The number of hydrogen-bond acceptors (Lipinski definition) is 2. The quantitative estimate of drug-likeness (QED) is 0.771. The maximum atomic E-state index is 12.6. The monoisotopic (exact) mass is 334 g/mol. The number of nitrogens with zero attached hydrogens (tertiary/aromatic N) is 2. The van der Waals surface area contributed by atoms with Crippen molar-refractivity contribution in [1.82, 2.24) is 9.55 Å². The Balaban J connectivity index is 1.84. The molecule has 0 saturated heterocycles. The number of halogens is 3. The molecule has 0 aliphatic rings. The van der Waals surface area contributed by atoms with Crippen LogP contribution in [0.5, 0.6) is 0 Å². The summed E-state index contributed by atoms with van der Waals surface area (Å²) in [7, 11) is 0. The van der Waals surface area contributed by atoms with Gasteiger partial charge in [0, 0.05) is 0 Å². The number of benzene rings is 2. The van der Waals surface area contributed by atoms with Crippen LogP contribution in [0.25, 0.3) is 11.0 Å². The Morgan fingerprint density at radius 2 is 1.71 bits per heavy atom. The second-order valence-corrected chi connectivity index (χ2v) is 5.96. The Kier molecular flexibility index (Phi) is 4.09. The SMILES string of the molecule is Cc1cc2ncn(CC(O)c3ccc(C(F)(F)F)cc3)c2cc1C. The van der Waals surface area contributed by atoms with Crippen molar-refractivity contribution in [3.63, 3.8) is 0 Å². The van der Waals surface area contributed by atoms with Crippen LogP contribution >= 0.6 is 0 Å². The minimum atomic E-state index is -4.38. The molecular weight excluding hydrogens is 317 g/mol. The van der Waals surface area contributed by atoms with Gasteiger partial charge in [-0.2, -0.15) is 13.2 Å². The van der Waals surface area contributed by atoms with E-state index < -0.39 is 17.8 Å². The maximum Gasteiger partial charge on any atom is 0.416 e. The molecule has 1 atom stereocenters. The highest BCUT2D eigenvalue weighted by atomic mass is 19.4. The Morgan fingerprint density at radius 3 is 2.33 bits per heavy atom. The van der Waals surface area contributed by atoms with Crippen LogP contribution in [0.3, 0.4) is 0 Å². The fourth-order valence-electron chi connectivity index (χ4n) is 2.64. The molecule has 1 heterocycles. The van der Waals surface area contributed by atoms with Gasteiger partial charge in [0.25, 0.3) is 0 Å². The molecule has 0 fully saturated rings. The van der Waals surface area contributed by atoms with E-state index in [2.05, 4.69) is 4.98 Å². The number of aliphatic hydroxyl groups is 1. The van der Waals surface area contributed by atoms with Crippen molar-refractivity contribution in [3.8, 4) is 0 Å². The molecule has 1 N–H and O–H groups in total. The minimum Gasteiger partial charge on any atom is -0.387 e. The average Bonchev–Trinajstić information content (AvgIpc) is 2.89. The Labute approximate surface area is 137 Å². The zero-order valence-corrected chi connectivity index (χ0v) is 13.3. The molecule has 1 unspecified atom stereocenters. The van der Waals surface area contributed by atoms with Gasteiger partial charge in [-0.15, -0.1) is 0 Å². The molecule has 0 saturated carbocycles. The van der Waals surface area contributed by atoms with E-state index in [9.17, 15) is 18.3 Å².